The van der Waals surface area contributed by atoms with Crippen molar-refractivity contribution in [3.8, 4) is 5.75 Å². The van der Waals surface area contributed by atoms with Crippen molar-refractivity contribution in [3.05, 3.63) is 41.5 Å². The zero-order chi connectivity index (χ0) is 9.10. The van der Waals surface area contributed by atoms with Crippen molar-refractivity contribution in [2.45, 2.75) is 25.7 Å². The lowest BCUT2D eigenvalue weighted by Crippen LogP contribution is -1.81. The largest absolute Gasteiger partial charge is 0.508 e. The Morgan fingerprint density at radius 3 is 2.85 bits per heavy atom. The van der Waals surface area contributed by atoms with Crippen LogP contribution in [0.5, 0.6) is 5.75 Å². The van der Waals surface area contributed by atoms with Gasteiger partial charge in [0.1, 0.15) is 5.75 Å². The van der Waals surface area contributed by atoms with Crippen molar-refractivity contribution in [2.24, 2.45) is 0 Å². The molecule has 1 fully saturated rings. The minimum atomic E-state index is 0.372. The number of hydrogen-bond donors (Lipinski definition) is 1. The van der Waals surface area contributed by atoms with Crippen molar-refractivity contribution in [3.63, 3.8) is 0 Å². The van der Waals surface area contributed by atoms with E-state index in [-0.39, 0.29) is 0 Å². The number of benzene rings is 1. The quantitative estimate of drug-likeness (QED) is 0.698. The summed E-state index contributed by atoms with van der Waals surface area (Å²) in [4.78, 5) is 0. The Morgan fingerprint density at radius 2 is 2.15 bits per heavy atom. The van der Waals surface area contributed by atoms with Gasteiger partial charge in [-0.25, -0.2) is 0 Å². The van der Waals surface area contributed by atoms with Crippen LogP contribution in [0.15, 0.2) is 35.9 Å². The number of rotatable bonds is 3. The molecule has 0 unspecified atom stereocenters. The highest BCUT2D eigenvalue weighted by Gasteiger charge is 2.08. The molecule has 1 aliphatic rings. The van der Waals surface area contributed by atoms with Crippen molar-refractivity contribution < 1.29 is 5.11 Å². The molecule has 13 heavy (non-hydrogen) atoms. The van der Waals surface area contributed by atoms with Gasteiger partial charge < -0.3 is 5.11 Å². The molecule has 2 rings (SSSR count). The fourth-order valence-electron chi connectivity index (χ4n) is 1.43. The van der Waals surface area contributed by atoms with Crippen LogP contribution in [0.25, 0.3) is 0 Å². The zero-order valence-electron chi connectivity index (χ0n) is 7.66. The van der Waals surface area contributed by atoms with Crippen LogP contribution in [0, 0.1) is 0 Å². The molecule has 0 saturated heterocycles. The van der Waals surface area contributed by atoms with Crippen LogP contribution in [0.1, 0.15) is 24.8 Å². The monoisotopic (exact) mass is 174 g/mol. The molecule has 1 aromatic carbocycles. The fraction of sp³-hybridized carbons (Fsp3) is 0.333. The molecule has 1 aromatic rings. The van der Waals surface area contributed by atoms with Gasteiger partial charge in [0.25, 0.3) is 0 Å². The Balaban J connectivity index is 1.89. The van der Waals surface area contributed by atoms with E-state index in [0.29, 0.717) is 5.75 Å². The van der Waals surface area contributed by atoms with Gasteiger partial charge in [-0.05, 0) is 43.4 Å². The van der Waals surface area contributed by atoms with Crippen LogP contribution in [0.4, 0.5) is 0 Å². The average Bonchev–Trinajstić information content (AvgIpc) is 2.88. The van der Waals surface area contributed by atoms with E-state index in [0.717, 1.165) is 12.8 Å². The van der Waals surface area contributed by atoms with Gasteiger partial charge >= 0.3 is 0 Å². The highest BCUT2D eigenvalue weighted by Crippen LogP contribution is 2.28. The lowest BCUT2D eigenvalue weighted by atomic mass is 10.1. The third-order valence-corrected chi connectivity index (χ3v) is 2.32. The molecular weight excluding hydrogens is 160 g/mol. The number of phenols is 1. The Kier molecular flexibility index (Phi) is 2.35. The molecule has 0 radical (unpaired) electrons. The summed E-state index contributed by atoms with van der Waals surface area (Å²) in [5, 5.41) is 9.22. The van der Waals surface area contributed by atoms with Crippen molar-refractivity contribution in [2.75, 3.05) is 0 Å². The number of hydrogen-bond acceptors (Lipinski definition) is 1. The molecule has 0 heterocycles. The molecule has 1 heteroatoms. The lowest BCUT2D eigenvalue weighted by molar-refractivity contribution is 0.474. The molecule has 1 N–H and O–H groups in total. The van der Waals surface area contributed by atoms with Gasteiger partial charge in [0.2, 0.25) is 0 Å². The normalized spacial score (nSPS) is 14.3. The van der Waals surface area contributed by atoms with Crippen LogP contribution in [0.3, 0.4) is 0 Å². The van der Waals surface area contributed by atoms with Crippen LogP contribution in [-0.2, 0) is 6.42 Å². The first-order chi connectivity index (χ1) is 6.34. The van der Waals surface area contributed by atoms with Crippen LogP contribution in [0.2, 0.25) is 0 Å². The molecular formula is C12H14O. The number of phenolic OH excluding ortho intramolecular Hbond substituents is 1. The molecule has 0 atom stereocenters. The summed E-state index contributed by atoms with van der Waals surface area (Å²) < 4.78 is 0. The Morgan fingerprint density at radius 1 is 1.31 bits per heavy atom. The average molecular weight is 174 g/mol. The summed E-state index contributed by atoms with van der Waals surface area (Å²) in [6.45, 7) is 0. The van der Waals surface area contributed by atoms with Gasteiger partial charge in [0, 0.05) is 0 Å². The maximum absolute atomic E-state index is 9.22. The van der Waals surface area contributed by atoms with Gasteiger partial charge in [-0.1, -0.05) is 23.8 Å². The molecule has 0 aliphatic heterocycles. The number of allylic oxidation sites excluding steroid dienone is 2. The Labute approximate surface area is 78.7 Å². The maximum atomic E-state index is 9.22. The standard InChI is InChI=1S/C12H14O/c13-12-6-2-5-11(9-12)4-1-3-10-7-8-10/h2-3,5-6,9,13H,1,4,7-8H2. The second-order valence-corrected chi connectivity index (χ2v) is 3.57. The van der Waals surface area contributed by atoms with E-state index < -0.39 is 0 Å². The van der Waals surface area contributed by atoms with Gasteiger partial charge in [0.15, 0.2) is 0 Å². The Bertz CT molecular complexity index is 320. The van der Waals surface area contributed by atoms with E-state index in [4.69, 9.17) is 0 Å². The molecule has 68 valence electrons. The lowest BCUT2D eigenvalue weighted by Gasteiger charge is -1.98. The second-order valence-electron chi connectivity index (χ2n) is 3.57. The summed E-state index contributed by atoms with van der Waals surface area (Å²) in [6, 6.07) is 7.51. The Hall–Kier alpha value is -1.24. The topological polar surface area (TPSA) is 20.2 Å². The minimum absolute atomic E-state index is 0.372. The number of aryl methyl sites for hydroxylation is 1. The molecule has 1 saturated carbocycles. The van der Waals surface area contributed by atoms with Crippen LogP contribution < -0.4 is 0 Å². The minimum Gasteiger partial charge on any atom is -0.508 e. The summed E-state index contributed by atoms with van der Waals surface area (Å²) in [7, 11) is 0. The summed E-state index contributed by atoms with van der Waals surface area (Å²) in [5.74, 6) is 0.372. The van der Waals surface area contributed by atoms with Gasteiger partial charge in [-0.3, -0.25) is 0 Å². The SMILES string of the molecule is Oc1cccc(CCC=C2CC2)c1. The number of aromatic hydroxyl groups is 1. The molecule has 0 amide bonds. The predicted octanol–water partition coefficient (Wildman–Crippen LogP) is 3.05. The highest BCUT2D eigenvalue weighted by atomic mass is 16.3. The van der Waals surface area contributed by atoms with E-state index in [1.807, 2.05) is 12.1 Å². The summed E-state index contributed by atoms with van der Waals surface area (Å²) >= 11 is 0. The van der Waals surface area contributed by atoms with Crippen molar-refractivity contribution in [1.82, 2.24) is 0 Å². The fourth-order valence-corrected chi connectivity index (χ4v) is 1.43. The maximum Gasteiger partial charge on any atom is 0.115 e. The third-order valence-electron chi connectivity index (χ3n) is 2.32. The first kappa shape index (κ1) is 8.36. The highest BCUT2D eigenvalue weighted by molar-refractivity contribution is 5.27. The van der Waals surface area contributed by atoms with Crippen LogP contribution >= 0.6 is 0 Å². The van der Waals surface area contributed by atoms with Gasteiger partial charge in [-0.15, -0.1) is 0 Å². The zero-order valence-corrected chi connectivity index (χ0v) is 7.66. The molecule has 0 aromatic heterocycles. The summed E-state index contributed by atoms with van der Waals surface area (Å²) in [6.07, 6.45) is 7.08. The summed E-state index contributed by atoms with van der Waals surface area (Å²) in [5.41, 5.74) is 2.82. The predicted molar refractivity (Wildman–Crippen MR) is 53.7 cm³/mol. The molecule has 0 spiro atoms. The first-order valence-corrected chi connectivity index (χ1v) is 4.80. The van der Waals surface area contributed by atoms with Crippen molar-refractivity contribution >= 4 is 0 Å². The molecule has 0 bridgehead atoms. The van der Waals surface area contributed by atoms with Crippen molar-refractivity contribution in [1.29, 1.82) is 0 Å². The van der Waals surface area contributed by atoms with E-state index in [1.165, 1.54) is 18.4 Å². The molecule has 1 aliphatic carbocycles. The second kappa shape index (κ2) is 3.65. The van der Waals surface area contributed by atoms with E-state index in [9.17, 15) is 5.11 Å². The van der Waals surface area contributed by atoms with E-state index >= 15 is 0 Å². The molecule has 1 nitrogen and oxygen atoms in total. The van der Waals surface area contributed by atoms with Gasteiger partial charge in [-0.2, -0.15) is 0 Å². The first-order valence-electron chi connectivity index (χ1n) is 4.80. The van der Waals surface area contributed by atoms with Gasteiger partial charge in [0.05, 0.1) is 0 Å². The van der Waals surface area contributed by atoms with E-state index in [1.54, 1.807) is 11.6 Å². The van der Waals surface area contributed by atoms with E-state index in [2.05, 4.69) is 12.1 Å². The smallest absolute Gasteiger partial charge is 0.115 e. The van der Waals surface area contributed by atoms with Crippen LogP contribution in [-0.4, -0.2) is 5.11 Å². The third kappa shape index (κ3) is 2.62.